The monoisotopic (exact) mass is 281 g/mol. The molecule has 0 spiro atoms. The van der Waals surface area contributed by atoms with Crippen LogP contribution >= 0.6 is 0 Å². The van der Waals surface area contributed by atoms with E-state index in [0.29, 0.717) is 6.29 Å². The molecule has 0 radical (unpaired) electrons. The van der Waals surface area contributed by atoms with Crippen molar-refractivity contribution in [3.8, 4) is 0 Å². The van der Waals surface area contributed by atoms with Crippen molar-refractivity contribution >= 4 is 29.9 Å². The summed E-state index contributed by atoms with van der Waals surface area (Å²) >= 11 is 0. The number of carbonyl (C=O) groups excluding carboxylic acids is 5. The van der Waals surface area contributed by atoms with Gasteiger partial charge in [0.25, 0.3) is 11.8 Å². The molecule has 2 N–H and O–H groups in total. The van der Waals surface area contributed by atoms with Crippen LogP contribution in [0.4, 0.5) is 0 Å². The van der Waals surface area contributed by atoms with Gasteiger partial charge in [0.2, 0.25) is 11.8 Å². The Hall–Kier alpha value is -2.51. The van der Waals surface area contributed by atoms with Gasteiger partial charge < -0.3 is 15.4 Å². The largest absolute Gasteiger partial charge is 0.347 e. The molecular formula is C12H15N3O5. The maximum absolute atomic E-state index is 11.4. The number of rotatable bonds is 7. The number of imide groups is 1. The van der Waals surface area contributed by atoms with Crippen molar-refractivity contribution in [2.24, 2.45) is 0 Å². The Bertz CT molecular complexity index is 454. The first-order valence-corrected chi connectivity index (χ1v) is 5.99. The van der Waals surface area contributed by atoms with Crippen molar-refractivity contribution < 1.29 is 24.0 Å². The molecule has 4 amide bonds. The lowest BCUT2D eigenvalue weighted by Crippen LogP contribution is -2.42. The van der Waals surface area contributed by atoms with E-state index >= 15 is 0 Å². The van der Waals surface area contributed by atoms with Crippen LogP contribution < -0.4 is 10.6 Å². The van der Waals surface area contributed by atoms with E-state index in [4.69, 9.17) is 0 Å². The number of amides is 4. The molecule has 0 aromatic carbocycles. The summed E-state index contributed by atoms with van der Waals surface area (Å²) in [7, 11) is 0. The third kappa shape index (κ3) is 4.63. The summed E-state index contributed by atoms with van der Waals surface area (Å²) in [5.41, 5.74) is 0. The molecule has 1 unspecified atom stereocenters. The highest BCUT2D eigenvalue weighted by Crippen LogP contribution is 2.03. The average molecular weight is 281 g/mol. The Balaban J connectivity index is 2.24. The summed E-state index contributed by atoms with van der Waals surface area (Å²) in [6.07, 6.45) is 2.75. The Morgan fingerprint density at radius 2 is 1.85 bits per heavy atom. The molecule has 1 aliphatic heterocycles. The molecular weight excluding hydrogens is 266 g/mol. The Labute approximate surface area is 115 Å². The van der Waals surface area contributed by atoms with Crippen LogP contribution in [0.15, 0.2) is 12.2 Å². The first-order chi connectivity index (χ1) is 9.43. The molecule has 8 heteroatoms. The fraction of sp³-hybridized carbons (Fsp3) is 0.417. The highest BCUT2D eigenvalue weighted by atomic mass is 16.2. The van der Waals surface area contributed by atoms with Crippen molar-refractivity contribution in [3.05, 3.63) is 12.2 Å². The number of aldehydes is 1. The zero-order chi connectivity index (χ0) is 15.1. The van der Waals surface area contributed by atoms with Gasteiger partial charge in [-0.15, -0.1) is 0 Å². The van der Waals surface area contributed by atoms with E-state index < -0.39 is 29.7 Å². The summed E-state index contributed by atoms with van der Waals surface area (Å²) in [5, 5.41) is 4.67. The normalized spacial score (nSPS) is 15.2. The van der Waals surface area contributed by atoms with Gasteiger partial charge in [0.05, 0.1) is 12.6 Å². The first-order valence-electron chi connectivity index (χ1n) is 5.99. The van der Waals surface area contributed by atoms with Gasteiger partial charge in [-0.3, -0.25) is 24.1 Å². The summed E-state index contributed by atoms with van der Waals surface area (Å²) in [6, 6.07) is -0.620. The summed E-state index contributed by atoms with van der Waals surface area (Å²) < 4.78 is 0. The minimum atomic E-state index is -0.620. The zero-order valence-corrected chi connectivity index (χ0v) is 10.9. The van der Waals surface area contributed by atoms with Crippen LogP contribution in [0.1, 0.15) is 13.3 Å². The van der Waals surface area contributed by atoms with Gasteiger partial charge >= 0.3 is 0 Å². The van der Waals surface area contributed by atoms with E-state index in [1.807, 2.05) is 0 Å². The summed E-state index contributed by atoms with van der Waals surface area (Å²) in [4.78, 5) is 56.4. The van der Waals surface area contributed by atoms with E-state index in [1.54, 1.807) is 0 Å². The molecule has 0 aromatic rings. The van der Waals surface area contributed by atoms with Crippen LogP contribution in [-0.2, 0) is 24.0 Å². The molecule has 0 aliphatic carbocycles. The quantitative estimate of drug-likeness (QED) is 0.419. The second-order valence-electron chi connectivity index (χ2n) is 4.18. The number of nitrogens with zero attached hydrogens (tertiary/aromatic N) is 1. The maximum atomic E-state index is 11.4. The lowest BCUT2D eigenvalue weighted by molar-refractivity contribution is -0.137. The Morgan fingerprint density at radius 1 is 1.25 bits per heavy atom. The Kier molecular flexibility index (Phi) is 5.57. The van der Waals surface area contributed by atoms with Crippen LogP contribution in [0.3, 0.4) is 0 Å². The number of nitrogens with one attached hydrogen (secondary N) is 2. The van der Waals surface area contributed by atoms with Crippen molar-refractivity contribution in [1.82, 2.24) is 15.5 Å². The van der Waals surface area contributed by atoms with Gasteiger partial charge in [0.1, 0.15) is 6.29 Å². The van der Waals surface area contributed by atoms with Gasteiger partial charge in [-0.05, 0) is 6.92 Å². The van der Waals surface area contributed by atoms with Crippen molar-refractivity contribution in [2.45, 2.75) is 19.4 Å². The molecule has 1 atom stereocenters. The lowest BCUT2D eigenvalue weighted by atomic mass is 10.3. The second kappa shape index (κ2) is 7.17. The van der Waals surface area contributed by atoms with Gasteiger partial charge in [0, 0.05) is 25.1 Å². The maximum Gasteiger partial charge on any atom is 0.253 e. The summed E-state index contributed by atoms with van der Waals surface area (Å²) in [5.74, 6) is -1.87. The smallest absolute Gasteiger partial charge is 0.253 e. The predicted molar refractivity (Wildman–Crippen MR) is 67.2 cm³/mol. The van der Waals surface area contributed by atoms with Gasteiger partial charge in [0.15, 0.2) is 0 Å². The highest BCUT2D eigenvalue weighted by molar-refractivity contribution is 6.13. The van der Waals surface area contributed by atoms with Crippen LogP contribution in [0, 0.1) is 0 Å². The molecule has 0 aromatic heterocycles. The molecule has 0 saturated carbocycles. The van der Waals surface area contributed by atoms with Gasteiger partial charge in [-0.1, -0.05) is 0 Å². The number of hydrogen-bond donors (Lipinski definition) is 2. The zero-order valence-electron chi connectivity index (χ0n) is 10.9. The van der Waals surface area contributed by atoms with Crippen LogP contribution in [0.25, 0.3) is 0 Å². The van der Waals surface area contributed by atoms with Crippen LogP contribution in [0.2, 0.25) is 0 Å². The molecule has 20 heavy (non-hydrogen) atoms. The molecule has 1 aliphatic rings. The molecule has 0 fully saturated rings. The fourth-order valence-corrected chi connectivity index (χ4v) is 1.47. The minimum absolute atomic E-state index is 0.0388. The molecule has 1 heterocycles. The number of carbonyl (C=O) groups is 5. The van der Waals surface area contributed by atoms with Crippen molar-refractivity contribution in [1.29, 1.82) is 0 Å². The Morgan fingerprint density at radius 3 is 2.40 bits per heavy atom. The standard InChI is InChI=1S/C12H15N3O5/c1-8(7-16)14-10(18)6-13-9(17)4-5-15-11(19)2-3-12(15)20/h2-3,7-8H,4-6H2,1H3,(H,13,17)(H,14,18). The van der Waals surface area contributed by atoms with E-state index in [1.165, 1.54) is 6.92 Å². The first kappa shape index (κ1) is 15.5. The lowest BCUT2D eigenvalue weighted by Gasteiger charge is -2.13. The van der Waals surface area contributed by atoms with E-state index in [2.05, 4.69) is 10.6 Å². The molecule has 0 bridgehead atoms. The van der Waals surface area contributed by atoms with Gasteiger partial charge in [-0.2, -0.15) is 0 Å². The topological polar surface area (TPSA) is 113 Å². The van der Waals surface area contributed by atoms with E-state index in [9.17, 15) is 24.0 Å². The van der Waals surface area contributed by atoms with Crippen molar-refractivity contribution in [2.75, 3.05) is 13.1 Å². The third-order valence-corrected chi connectivity index (χ3v) is 2.50. The molecule has 108 valence electrons. The SMILES string of the molecule is CC(C=O)NC(=O)CNC(=O)CCN1C(=O)C=CC1=O. The predicted octanol–water partition coefficient (Wildman–Crippen LogP) is -1.88. The minimum Gasteiger partial charge on any atom is -0.347 e. The molecule has 0 saturated heterocycles. The molecule has 8 nitrogen and oxygen atoms in total. The summed E-state index contributed by atoms with van der Waals surface area (Å²) in [6.45, 7) is 1.20. The van der Waals surface area contributed by atoms with Gasteiger partial charge in [-0.25, -0.2) is 0 Å². The number of hydrogen-bond acceptors (Lipinski definition) is 5. The van der Waals surface area contributed by atoms with E-state index in [-0.39, 0.29) is 19.5 Å². The van der Waals surface area contributed by atoms with E-state index in [0.717, 1.165) is 17.1 Å². The van der Waals surface area contributed by atoms with Crippen LogP contribution in [-0.4, -0.2) is 53.9 Å². The average Bonchev–Trinajstić information content (AvgIpc) is 2.73. The molecule has 1 rings (SSSR count). The fourth-order valence-electron chi connectivity index (χ4n) is 1.47. The second-order valence-corrected chi connectivity index (χ2v) is 4.18. The van der Waals surface area contributed by atoms with Crippen molar-refractivity contribution in [3.63, 3.8) is 0 Å². The van der Waals surface area contributed by atoms with Crippen LogP contribution in [0.5, 0.6) is 0 Å². The highest BCUT2D eigenvalue weighted by Gasteiger charge is 2.23. The third-order valence-electron chi connectivity index (χ3n) is 2.50.